The molecule has 1 amide bonds. The summed E-state index contributed by atoms with van der Waals surface area (Å²) in [4.78, 5) is 26.6. The van der Waals surface area contributed by atoms with Crippen LogP contribution in [0.3, 0.4) is 0 Å². The maximum absolute atomic E-state index is 13.7. The Kier molecular flexibility index (Phi) is 4.38. The second-order valence-corrected chi connectivity index (χ2v) is 5.17. The Morgan fingerprint density at radius 2 is 1.68 bits per heavy atom. The zero-order chi connectivity index (χ0) is 18.0. The maximum atomic E-state index is 13.7. The maximum Gasteiger partial charge on any atom is 0.257 e. The van der Waals surface area contributed by atoms with Crippen molar-refractivity contribution >= 4 is 11.6 Å². The zero-order valence-electron chi connectivity index (χ0n) is 12.6. The van der Waals surface area contributed by atoms with Crippen molar-refractivity contribution < 1.29 is 18.0 Å². The van der Waals surface area contributed by atoms with Crippen LogP contribution in [-0.2, 0) is 0 Å². The van der Waals surface area contributed by atoms with E-state index in [1.807, 2.05) is 0 Å². The van der Waals surface area contributed by atoms with Crippen LogP contribution in [0.4, 0.5) is 18.9 Å². The Balaban J connectivity index is 1.94. The number of hydrogen-bond donors (Lipinski definition) is 2. The van der Waals surface area contributed by atoms with Crippen molar-refractivity contribution in [3.63, 3.8) is 0 Å². The summed E-state index contributed by atoms with van der Waals surface area (Å²) in [5, 5.41) is 2.15. The van der Waals surface area contributed by atoms with Gasteiger partial charge in [0.2, 0.25) is 0 Å². The summed E-state index contributed by atoms with van der Waals surface area (Å²) in [6.07, 6.45) is 1.15. The second kappa shape index (κ2) is 6.64. The normalized spacial score (nSPS) is 10.5. The molecule has 25 heavy (non-hydrogen) atoms. The molecule has 0 saturated carbocycles. The van der Waals surface area contributed by atoms with Crippen LogP contribution >= 0.6 is 0 Å². The molecule has 3 aromatic rings. The molecule has 0 aliphatic rings. The van der Waals surface area contributed by atoms with Gasteiger partial charge in [-0.2, -0.15) is 0 Å². The third-order valence-electron chi connectivity index (χ3n) is 3.53. The summed E-state index contributed by atoms with van der Waals surface area (Å²) in [5.74, 6) is -5.31. The summed E-state index contributed by atoms with van der Waals surface area (Å²) >= 11 is 0. The highest BCUT2D eigenvalue weighted by atomic mass is 19.2. The number of halogens is 3. The predicted molar refractivity (Wildman–Crippen MR) is 86.8 cm³/mol. The molecule has 0 unspecified atom stereocenters. The van der Waals surface area contributed by atoms with Gasteiger partial charge in [0.1, 0.15) is 0 Å². The molecule has 0 aliphatic carbocycles. The smallest absolute Gasteiger partial charge is 0.257 e. The van der Waals surface area contributed by atoms with E-state index in [0.29, 0.717) is 11.6 Å². The second-order valence-electron chi connectivity index (χ2n) is 5.17. The van der Waals surface area contributed by atoms with Gasteiger partial charge >= 0.3 is 0 Å². The van der Waals surface area contributed by atoms with E-state index in [-0.39, 0.29) is 11.1 Å². The first-order valence-corrected chi connectivity index (χ1v) is 7.20. The highest BCUT2D eigenvalue weighted by Crippen LogP contribution is 2.21. The van der Waals surface area contributed by atoms with Crippen molar-refractivity contribution in [2.45, 2.75) is 0 Å². The zero-order valence-corrected chi connectivity index (χ0v) is 12.6. The van der Waals surface area contributed by atoms with Crippen LogP contribution in [0.5, 0.6) is 0 Å². The first-order chi connectivity index (χ1) is 12.0. The largest absolute Gasteiger partial charge is 0.328 e. The number of amides is 1. The summed E-state index contributed by atoms with van der Waals surface area (Å²) in [6, 6.07) is 11.6. The number of pyridine rings is 1. The van der Waals surface area contributed by atoms with E-state index in [1.165, 1.54) is 6.07 Å². The van der Waals surface area contributed by atoms with Crippen molar-refractivity contribution in [2.24, 2.45) is 0 Å². The van der Waals surface area contributed by atoms with Crippen LogP contribution in [0.2, 0.25) is 0 Å². The molecule has 0 saturated heterocycles. The summed E-state index contributed by atoms with van der Waals surface area (Å²) in [6.45, 7) is 0. The van der Waals surface area contributed by atoms with Gasteiger partial charge in [-0.25, -0.2) is 13.2 Å². The molecule has 0 fully saturated rings. The van der Waals surface area contributed by atoms with Gasteiger partial charge < -0.3 is 10.3 Å². The van der Waals surface area contributed by atoms with E-state index in [9.17, 15) is 22.8 Å². The van der Waals surface area contributed by atoms with Gasteiger partial charge in [0.25, 0.3) is 11.5 Å². The summed E-state index contributed by atoms with van der Waals surface area (Å²) in [5.41, 5.74) is -0.0304. The van der Waals surface area contributed by atoms with Crippen LogP contribution < -0.4 is 10.9 Å². The Hall–Kier alpha value is -3.35. The number of carbonyl (C=O) groups is 1. The molecule has 1 heterocycles. The Bertz CT molecular complexity index is 1000. The van der Waals surface area contributed by atoms with Gasteiger partial charge in [0.05, 0.1) is 11.3 Å². The summed E-state index contributed by atoms with van der Waals surface area (Å²) in [7, 11) is 0. The van der Waals surface area contributed by atoms with Gasteiger partial charge in [-0.1, -0.05) is 30.3 Å². The van der Waals surface area contributed by atoms with Crippen molar-refractivity contribution in [3.05, 3.63) is 88.1 Å². The number of benzene rings is 2. The number of hydrogen-bond acceptors (Lipinski definition) is 2. The molecule has 7 heteroatoms. The monoisotopic (exact) mass is 344 g/mol. The molecule has 4 nitrogen and oxygen atoms in total. The fourth-order valence-corrected chi connectivity index (χ4v) is 2.26. The van der Waals surface area contributed by atoms with Crippen molar-refractivity contribution in [2.75, 3.05) is 5.32 Å². The lowest BCUT2D eigenvalue weighted by Crippen LogP contribution is -2.17. The lowest BCUT2D eigenvalue weighted by Gasteiger charge is -2.08. The molecule has 2 aromatic carbocycles. The predicted octanol–water partition coefficient (Wildman–Crippen LogP) is 3.71. The molecule has 0 spiro atoms. The minimum atomic E-state index is -1.68. The lowest BCUT2D eigenvalue weighted by atomic mass is 10.1. The third-order valence-corrected chi connectivity index (χ3v) is 3.53. The minimum absolute atomic E-state index is 0.0302. The molecule has 0 radical (unpaired) electrons. The fraction of sp³-hybridized carbons (Fsp3) is 0. The molecule has 3 rings (SSSR count). The topological polar surface area (TPSA) is 62.0 Å². The van der Waals surface area contributed by atoms with Crippen LogP contribution in [0.15, 0.2) is 59.5 Å². The molecule has 0 atom stereocenters. The lowest BCUT2D eigenvalue weighted by molar-refractivity contribution is 0.102. The molecule has 126 valence electrons. The van der Waals surface area contributed by atoms with E-state index in [4.69, 9.17) is 0 Å². The first-order valence-electron chi connectivity index (χ1n) is 7.20. The van der Waals surface area contributed by atoms with Gasteiger partial charge in [0, 0.05) is 11.8 Å². The van der Waals surface area contributed by atoms with E-state index in [2.05, 4.69) is 10.3 Å². The highest BCUT2D eigenvalue weighted by Gasteiger charge is 2.17. The first kappa shape index (κ1) is 16.5. The van der Waals surface area contributed by atoms with Crippen LogP contribution in [0.1, 0.15) is 10.4 Å². The van der Waals surface area contributed by atoms with Crippen molar-refractivity contribution in [1.82, 2.24) is 4.98 Å². The number of aromatic amines is 1. The number of nitrogens with one attached hydrogen (secondary N) is 2. The molecule has 0 bridgehead atoms. The Morgan fingerprint density at radius 3 is 2.40 bits per heavy atom. The van der Waals surface area contributed by atoms with Gasteiger partial charge in [-0.15, -0.1) is 0 Å². The SMILES string of the molecule is O=C(Nc1ccc(F)c(F)c1F)c1c[nH]c(=O)c(-c2ccccc2)c1. The van der Waals surface area contributed by atoms with E-state index < -0.39 is 34.6 Å². The van der Waals surface area contributed by atoms with Crippen LogP contribution in [0, 0.1) is 17.5 Å². The molecular formula is C18H11F3N2O2. The van der Waals surface area contributed by atoms with E-state index >= 15 is 0 Å². The quantitative estimate of drug-likeness (QED) is 0.712. The average molecular weight is 344 g/mol. The van der Waals surface area contributed by atoms with Crippen molar-refractivity contribution in [3.8, 4) is 11.1 Å². The minimum Gasteiger partial charge on any atom is -0.328 e. The number of rotatable bonds is 3. The number of anilines is 1. The standard InChI is InChI=1S/C18H11F3N2O2/c19-13-6-7-14(16(21)15(13)20)23-17(24)11-8-12(18(25)22-9-11)10-4-2-1-3-5-10/h1-9H,(H,22,25)(H,23,24). The number of H-pyrrole nitrogens is 1. The van der Waals surface area contributed by atoms with Gasteiger partial charge in [-0.3, -0.25) is 9.59 Å². The van der Waals surface area contributed by atoms with E-state index in [0.717, 1.165) is 12.3 Å². The highest BCUT2D eigenvalue weighted by molar-refractivity contribution is 6.04. The average Bonchev–Trinajstić information content (AvgIpc) is 2.63. The molecule has 1 aromatic heterocycles. The van der Waals surface area contributed by atoms with Gasteiger partial charge in [0.15, 0.2) is 17.5 Å². The molecular weight excluding hydrogens is 333 g/mol. The van der Waals surface area contributed by atoms with Gasteiger partial charge in [-0.05, 0) is 23.8 Å². The van der Waals surface area contributed by atoms with Crippen LogP contribution in [-0.4, -0.2) is 10.9 Å². The fourth-order valence-electron chi connectivity index (χ4n) is 2.26. The Labute approximate surface area is 139 Å². The van der Waals surface area contributed by atoms with E-state index in [1.54, 1.807) is 30.3 Å². The molecule has 0 aliphatic heterocycles. The number of aromatic nitrogens is 1. The third kappa shape index (κ3) is 3.30. The number of carbonyl (C=O) groups excluding carboxylic acids is 1. The van der Waals surface area contributed by atoms with Crippen LogP contribution in [0.25, 0.3) is 11.1 Å². The molecule has 2 N–H and O–H groups in total. The Morgan fingerprint density at radius 1 is 0.960 bits per heavy atom. The van der Waals surface area contributed by atoms with Crippen molar-refractivity contribution in [1.29, 1.82) is 0 Å². The summed E-state index contributed by atoms with van der Waals surface area (Å²) < 4.78 is 39.8.